The van der Waals surface area contributed by atoms with E-state index in [9.17, 15) is 18.8 Å². The maximum Gasteiger partial charge on any atom is 0.250 e. The van der Waals surface area contributed by atoms with Crippen molar-refractivity contribution in [2.24, 2.45) is 0 Å². The van der Waals surface area contributed by atoms with Gasteiger partial charge in [0.15, 0.2) is 4.91 Å². The first kappa shape index (κ1) is 22.2. The van der Waals surface area contributed by atoms with Crippen molar-refractivity contribution < 1.29 is 13.5 Å². The molecule has 0 radical (unpaired) electrons. The first-order valence-corrected chi connectivity index (χ1v) is 10.5. The lowest BCUT2D eigenvalue weighted by molar-refractivity contribution is 0.174. The van der Waals surface area contributed by atoms with Gasteiger partial charge in [-0.1, -0.05) is 32.9 Å². The van der Waals surface area contributed by atoms with Crippen molar-refractivity contribution in [2.45, 2.75) is 46.1 Å². The molecule has 0 aliphatic rings. The number of allylic oxidation sites excluding steroid dienone is 1. The average Bonchev–Trinajstić information content (AvgIpc) is 2.64. The maximum atomic E-state index is 12.2. The van der Waals surface area contributed by atoms with Crippen LogP contribution in [0.1, 0.15) is 45.6 Å². The molecule has 1 rings (SSSR count). The van der Waals surface area contributed by atoms with Crippen molar-refractivity contribution in [3.8, 4) is 6.07 Å². The molecule has 1 unspecified atom stereocenters. The van der Waals surface area contributed by atoms with Gasteiger partial charge in [0.25, 0.3) is 10.0 Å². The van der Waals surface area contributed by atoms with Crippen molar-refractivity contribution in [2.75, 3.05) is 24.5 Å². The van der Waals surface area contributed by atoms with Crippen LogP contribution in [-0.2, 0) is 10.0 Å². The number of nitrogens with zero attached hydrogens (tertiary/aromatic N) is 2. The monoisotopic (exact) mass is 379 g/mol. The van der Waals surface area contributed by atoms with Crippen LogP contribution in [0.15, 0.2) is 29.2 Å². The van der Waals surface area contributed by atoms with Gasteiger partial charge >= 0.3 is 0 Å². The van der Waals surface area contributed by atoms with E-state index in [1.54, 1.807) is 25.1 Å². The van der Waals surface area contributed by atoms with E-state index in [1.165, 1.54) is 6.08 Å². The Hall–Kier alpha value is -1.88. The summed E-state index contributed by atoms with van der Waals surface area (Å²) in [4.78, 5) is 1.91. The van der Waals surface area contributed by atoms with Crippen LogP contribution < -0.4 is 9.62 Å². The highest BCUT2D eigenvalue weighted by atomic mass is 32.2. The van der Waals surface area contributed by atoms with Crippen molar-refractivity contribution in [3.63, 3.8) is 0 Å². The highest BCUT2D eigenvalue weighted by Gasteiger charge is 2.18. The molecule has 0 aliphatic carbocycles. The SMILES string of the molecule is CCCN(CCC)c1ccc(/C=C(\C#N)S(=O)(=O)NCC(O)CC)cc1. The third kappa shape index (κ3) is 6.79. The largest absolute Gasteiger partial charge is 0.392 e. The van der Waals surface area contributed by atoms with Crippen molar-refractivity contribution in [1.29, 1.82) is 5.26 Å². The van der Waals surface area contributed by atoms with Crippen LogP contribution in [0.25, 0.3) is 6.08 Å². The lowest BCUT2D eigenvalue weighted by Gasteiger charge is -2.23. The summed E-state index contributed by atoms with van der Waals surface area (Å²) in [5.74, 6) is 0. The van der Waals surface area contributed by atoms with E-state index < -0.39 is 16.1 Å². The highest BCUT2D eigenvalue weighted by Crippen LogP contribution is 2.18. The number of aliphatic hydroxyl groups excluding tert-OH is 1. The van der Waals surface area contributed by atoms with Gasteiger partial charge in [0, 0.05) is 25.3 Å². The van der Waals surface area contributed by atoms with E-state index in [4.69, 9.17) is 0 Å². The molecule has 1 atom stereocenters. The summed E-state index contributed by atoms with van der Waals surface area (Å²) in [5.41, 5.74) is 1.72. The van der Waals surface area contributed by atoms with E-state index in [2.05, 4.69) is 23.5 Å². The number of aliphatic hydroxyl groups is 1. The smallest absolute Gasteiger partial charge is 0.250 e. The molecule has 1 aromatic carbocycles. The van der Waals surface area contributed by atoms with Crippen LogP contribution >= 0.6 is 0 Å². The second-order valence-corrected chi connectivity index (χ2v) is 7.85. The molecule has 2 N–H and O–H groups in total. The minimum absolute atomic E-state index is 0.111. The Morgan fingerprint density at radius 1 is 1.23 bits per heavy atom. The maximum absolute atomic E-state index is 12.2. The predicted molar refractivity (Wildman–Crippen MR) is 106 cm³/mol. The molecule has 0 saturated carbocycles. The Kier molecular flexibility index (Phi) is 9.35. The van der Waals surface area contributed by atoms with Crippen LogP contribution in [0.4, 0.5) is 5.69 Å². The molecule has 0 amide bonds. The van der Waals surface area contributed by atoms with E-state index in [0.29, 0.717) is 12.0 Å². The van der Waals surface area contributed by atoms with E-state index in [1.807, 2.05) is 12.1 Å². The van der Waals surface area contributed by atoms with Crippen molar-refractivity contribution in [1.82, 2.24) is 4.72 Å². The van der Waals surface area contributed by atoms with Crippen molar-refractivity contribution >= 4 is 21.8 Å². The minimum atomic E-state index is -3.94. The number of benzene rings is 1. The van der Waals surface area contributed by atoms with Gasteiger partial charge in [0.2, 0.25) is 0 Å². The second kappa shape index (κ2) is 11.0. The third-order valence-corrected chi connectivity index (χ3v) is 5.26. The van der Waals surface area contributed by atoms with Gasteiger partial charge in [-0.25, -0.2) is 13.1 Å². The lowest BCUT2D eigenvalue weighted by Crippen LogP contribution is -2.32. The van der Waals surface area contributed by atoms with Gasteiger partial charge < -0.3 is 10.0 Å². The number of rotatable bonds is 11. The molecule has 0 saturated heterocycles. The molecule has 0 aromatic heterocycles. The Morgan fingerprint density at radius 2 is 1.81 bits per heavy atom. The molecule has 0 bridgehead atoms. The molecule has 144 valence electrons. The zero-order valence-corrected chi connectivity index (χ0v) is 16.6. The lowest BCUT2D eigenvalue weighted by atomic mass is 10.1. The van der Waals surface area contributed by atoms with Gasteiger partial charge in [-0.2, -0.15) is 5.26 Å². The molecular weight excluding hydrogens is 350 g/mol. The Morgan fingerprint density at radius 3 is 2.27 bits per heavy atom. The summed E-state index contributed by atoms with van der Waals surface area (Å²) in [6.07, 6.45) is 3.10. The topological polar surface area (TPSA) is 93.4 Å². The molecule has 0 fully saturated rings. The number of anilines is 1. The van der Waals surface area contributed by atoms with Gasteiger partial charge in [0.1, 0.15) is 6.07 Å². The molecule has 6 nitrogen and oxygen atoms in total. The first-order valence-electron chi connectivity index (χ1n) is 9.02. The third-order valence-electron chi connectivity index (χ3n) is 3.92. The van der Waals surface area contributed by atoms with Crippen LogP contribution in [0.2, 0.25) is 0 Å². The van der Waals surface area contributed by atoms with Crippen molar-refractivity contribution in [3.05, 3.63) is 34.7 Å². The van der Waals surface area contributed by atoms with Gasteiger partial charge in [-0.3, -0.25) is 0 Å². The molecule has 0 aliphatic heterocycles. The Bertz CT molecular complexity index is 715. The van der Waals surface area contributed by atoms with Crippen LogP contribution in [0.3, 0.4) is 0 Å². The quantitative estimate of drug-likeness (QED) is 0.577. The molecule has 1 aromatic rings. The normalized spacial score (nSPS) is 13.3. The molecule has 0 heterocycles. The fourth-order valence-electron chi connectivity index (χ4n) is 2.44. The van der Waals surface area contributed by atoms with E-state index in [-0.39, 0.29) is 11.4 Å². The van der Waals surface area contributed by atoms with Crippen LogP contribution in [0.5, 0.6) is 0 Å². The summed E-state index contributed by atoms with van der Waals surface area (Å²) in [5, 5.41) is 18.7. The number of hydrogen-bond donors (Lipinski definition) is 2. The molecule has 7 heteroatoms. The van der Waals surface area contributed by atoms with Gasteiger partial charge in [-0.15, -0.1) is 0 Å². The number of nitriles is 1. The van der Waals surface area contributed by atoms with E-state index >= 15 is 0 Å². The summed E-state index contributed by atoms with van der Waals surface area (Å²) < 4.78 is 26.7. The Labute approximate surface area is 157 Å². The zero-order chi connectivity index (χ0) is 19.6. The van der Waals surface area contributed by atoms with E-state index in [0.717, 1.165) is 31.6 Å². The predicted octanol–water partition coefficient (Wildman–Crippen LogP) is 2.87. The summed E-state index contributed by atoms with van der Waals surface area (Å²) in [6.45, 7) is 7.83. The molecule has 0 spiro atoms. The van der Waals surface area contributed by atoms with Crippen LogP contribution in [-0.4, -0.2) is 39.3 Å². The standard InChI is InChI=1S/C19H29N3O3S/c1-4-11-22(12-5-2)17-9-7-16(8-10-17)13-19(14-20)26(24,25)21-15-18(23)6-3/h7-10,13,18,21,23H,4-6,11-12,15H2,1-3H3/b19-13+. The summed E-state index contributed by atoms with van der Waals surface area (Å²) >= 11 is 0. The summed E-state index contributed by atoms with van der Waals surface area (Å²) in [6, 6.07) is 9.22. The molecular formula is C19H29N3O3S. The average molecular weight is 380 g/mol. The highest BCUT2D eigenvalue weighted by molar-refractivity contribution is 7.93. The number of sulfonamides is 1. The Balaban J connectivity index is 2.97. The fourth-order valence-corrected chi connectivity index (χ4v) is 3.42. The van der Waals surface area contributed by atoms with Gasteiger partial charge in [0.05, 0.1) is 6.10 Å². The zero-order valence-electron chi connectivity index (χ0n) is 15.8. The molecule has 26 heavy (non-hydrogen) atoms. The number of nitrogens with one attached hydrogen (secondary N) is 1. The van der Waals surface area contributed by atoms with Gasteiger partial charge in [-0.05, 0) is 43.0 Å². The van der Waals surface area contributed by atoms with Crippen LogP contribution in [0, 0.1) is 11.3 Å². The summed E-state index contributed by atoms with van der Waals surface area (Å²) in [7, 11) is -3.94. The fraction of sp³-hybridized carbons (Fsp3) is 0.526. The first-order chi connectivity index (χ1) is 12.4. The minimum Gasteiger partial charge on any atom is -0.392 e. The number of hydrogen-bond acceptors (Lipinski definition) is 5. The second-order valence-electron chi connectivity index (χ2n) is 6.11.